The van der Waals surface area contributed by atoms with Crippen molar-refractivity contribution < 1.29 is 32.8 Å². The third kappa shape index (κ3) is 2.88. The Morgan fingerprint density at radius 2 is 1.53 bits per heavy atom. The normalized spacial score (nSPS) is 10.0. The maximum atomic E-state index is 12.3. The van der Waals surface area contributed by atoms with Gasteiger partial charge in [-0.05, 0) is 0 Å². The van der Waals surface area contributed by atoms with Crippen molar-refractivity contribution in [3.63, 3.8) is 0 Å². The second-order valence-corrected chi connectivity index (χ2v) is 4.55. The average molecular weight is 305 g/mol. The number of benzene rings is 2. The van der Waals surface area contributed by atoms with Gasteiger partial charge in [0.05, 0.1) is 0 Å². The van der Waals surface area contributed by atoms with Gasteiger partial charge in [0, 0.05) is 0 Å². The van der Waals surface area contributed by atoms with Crippen LogP contribution in [0.1, 0.15) is 26.3 Å². The second kappa shape index (κ2) is 5.76. The van der Waals surface area contributed by atoms with Crippen LogP contribution >= 0.6 is 0 Å². The summed E-state index contributed by atoms with van der Waals surface area (Å²) >= 11 is 0.724. The molecule has 90 valence electrons. The molecule has 0 spiro atoms. The molecule has 0 saturated carbocycles. The van der Waals surface area contributed by atoms with Crippen molar-refractivity contribution in [3.05, 3.63) is 65.2 Å². The first-order chi connectivity index (χ1) is 9.13. The number of aromatic carboxylic acids is 1. The molecule has 0 aliphatic rings. The van der Waals surface area contributed by atoms with E-state index in [4.69, 9.17) is 5.11 Å². The van der Waals surface area contributed by atoms with E-state index in [-0.39, 0.29) is 11.3 Å². The number of nitrogens with zero attached hydrogens (tertiary/aromatic N) is 1. The Kier molecular flexibility index (Phi) is 4.07. The van der Waals surface area contributed by atoms with Gasteiger partial charge in [-0.3, -0.25) is 0 Å². The Morgan fingerprint density at radius 1 is 0.947 bits per heavy atom. The second-order valence-electron chi connectivity index (χ2n) is 3.89. The van der Waals surface area contributed by atoms with Crippen molar-refractivity contribution >= 4 is 17.4 Å². The fraction of sp³-hybridized carbons (Fsp3) is 0. The zero-order chi connectivity index (χ0) is 13.8. The van der Waals surface area contributed by atoms with Crippen molar-refractivity contribution in [2.75, 3.05) is 0 Å². The van der Waals surface area contributed by atoms with E-state index in [0.717, 1.165) is 18.1 Å². The molecule has 0 fully saturated rings. The van der Waals surface area contributed by atoms with Gasteiger partial charge < -0.3 is 0 Å². The van der Waals surface area contributed by atoms with Crippen LogP contribution in [0, 0.1) is 0 Å². The molecule has 1 N–H and O–H groups in total. The maximum absolute atomic E-state index is 12.3. The molecule has 2 aromatic rings. The molecule has 0 radical (unpaired) electrons. The standard InChI is InChI=1S/C14H9NO3.Zn/c15-12-4-2-1-3-11(12)13(16)9-5-7-10(8-6-9)14(17)18;/h1-8H,(H,17,18);. The summed E-state index contributed by atoms with van der Waals surface area (Å²) in [5.74, 6) is -1.15. The van der Waals surface area contributed by atoms with Crippen LogP contribution in [0.3, 0.4) is 0 Å². The molecular weight excluding hydrogens is 296 g/mol. The molecule has 0 aromatic heterocycles. The predicted octanol–water partition coefficient (Wildman–Crippen LogP) is 2.98. The van der Waals surface area contributed by atoms with Crippen LogP contribution in [-0.2, 0) is 18.1 Å². The first kappa shape index (κ1) is 13.4. The number of hydrogen-bond acceptors (Lipinski definition) is 3. The number of hydrogen-bond donors (Lipinski definition) is 1. The van der Waals surface area contributed by atoms with Crippen LogP contribution in [0.25, 0.3) is 0 Å². The van der Waals surface area contributed by atoms with Crippen molar-refractivity contribution in [1.29, 1.82) is 0 Å². The van der Waals surface area contributed by atoms with Gasteiger partial charge in [0.2, 0.25) is 0 Å². The van der Waals surface area contributed by atoms with E-state index in [1.54, 1.807) is 18.2 Å². The van der Waals surface area contributed by atoms with Crippen molar-refractivity contribution in [3.8, 4) is 0 Å². The van der Waals surface area contributed by atoms with Gasteiger partial charge >= 0.3 is 119 Å². The monoisotopic (exact) mass is 303 g/mol. The van der Waals surface area contributed by atoms with Crippen LogP contribution in [0.5, 0.6) is 0 Å². The topological polar surface area (TPSA) is 66.7 Å². The summed E-state index contributed by atoms with van der Waals surface area (Å²) in [5, 5.41) is 8.82. The molecule has 2 aromatic carbocycles. The van der Waals surface area contributed by atoms with E-state index in [1.807, 2.05) is 6.07 Å². The molecule has 0 saturated heterocycles. The molecule has 0 aliphatic heterocycles. The van der Waals surface area contributed by atoms with Gasteiger partial charge in [-0.15, -0.1) is 0 Å². The van der Waals surface area contributed by atoms with Crippen LogP contribution in [-0.4, -0.2) is 16.9 Å². The van der Waals surface area contributed by atoms with Gasteiger partial charge in [0.15, 0.2) is 0 Å². The summed E-state index contributed by atoms with van der Waals surface area (Å²) in [6, 6.07) is 13.0. The van der Waals surface area contributed by atoms with E-state index in [1.165, 1.54) is 24.3 Å². The summed E-state index contributed by atoms with van der Waals surface area (Å²) in [4.78, 5) is 23.1. The first-order valence-electron chi connectivity index (χ1n) is 5.57. The van der Waals surface area contributed by atoms with Crippen LogP contribution < -0.4 is 0 Å². The molecule has 0 bridgehead atoms. The van der Waals surface area contributed by atoms with E-state index in [2.05, 4.69) is 3.68 Å². The molecule has 0 unspecified atom stereocenters. The van der Waals surface area contributed by atoms with Crippen LogP contribution in [0.4, 0.5) is 5.69 Å². The fourth-order valence-corrected chi connectivity index (χ4v) is 2.30. The summed E-state index contributed by atoms with van der Waals surface area (Å²) in [6.07, 6.45) is 0. The third-order valence-corrected chi connectivity index (χ3v) is 3.43. The Morgan fingerprint density at radius 3 is 2.11 bits per heavy atom. The number of carboxylic acid groups (broad SMARTS) is 1. The van der Waals surface area contributed by atoms with Crippen molar-refractivity contribution in [2.24, 2.45) is 3.68 Å². The number of carboxylic acids is 1. The molecular formula is C14H9NO3Zn. The molecule has 0 aliphatic carbocycles. The predicted molar refractivity (Wildman–Crippen MR) is 65.4 cm³/mol. The quantitative estimate of drug-likeness (QED) is 0.697. The minimum absolute atomic E-state index is 0.148. The van der Waals surface area contributed by atoms with Crippen LogP contribution in [0.2, 0.25) is 0 Å². The van der Waals surface area contributed by atoms with Crippen molar-refractivity contribution in [1.82, 2.24) is 0 Å². The SMILES string of the molecule is O=C(O)c1ccc(C(=O)c2ccccc2[N]=[Zn])cc1. The number of carbonyl (C=O) groups is 2. The molecule has 0 heterocycles. The Labute approximate surface area is 119 Å². The third-order valence-electron chi connectivity index (χ3n) is 2.71. The number of rotatable bonds is 4. The summed E-state index contributed by atoms with van der Waals surface area (Å²) < 4.78 is 4.17. The summed E-state index contributed by atoms with van der Waals surface area (Å²) in [7, 11) is 0. The first-order valence-corrected chi connectivity index (χ1v) is 6.90. The molecule has 2 rings (SSSR count). The van der Waals surface area contributed by atoms with E-state index in [9.17, 15) is 9.59 Å². The van der Waals surface area contributed by atoms with E-state index < -0.39 is 5.97 Å². The number of carbonyl (C=O) groups excluding carboxylic acids is 1. The van der Waals surface area contributed by atoms with E-state index in [0.29, 0.717) is 16.8 Å². The fourth-order valence-electron chi connectivity index (χ4n) is 1.72. The summed E-state index contributed by atoms with van der Waals surface area (Å²) in [5.41, 5.74) is 1.84. The van der Waals surface area contributed by atoms with E-state index >= 15 is 0 Å². The van der Waals surface area contributed by atoms with Crippen molar-refractivity contribution in [2.45, 2.75) is 0 Å². The summed E-state index contributed by atoms with van der Waals surface area (Å²) in [6.45, 7) is 0. The van der Waals surface area contributed by atoms with Crippen LogP contribution in [0.15, 0.2) is 52.2 Å². The molecule has 19 heavy (non-hydrogen) atoms. The Bertz CT molecular complexity index is 650. The molecule has 0 atom stereocenters. The van der Waals surface area contributed by atoms with Gasteiger partial charge in [-0.1, -0.05) is 0 Å². The van der Waals surface area contributed by atoms with Gasteiger partial charge in [-0.2, -0.15) is 0 Å². The Balaban J connectivity index is 2.39. The molecule has 5 heteroatoms. The van der Waals surface area contributed by atoms with Gasteiger partial charge in [0.25, 0.3) is 0 Å². The Hall–Kier alpha value is -2.00. The molecule has 0 amide bonds. The van der Waals surface area contributed by atoms with Gasteiger partial charge in [0.1, 0.15) is 0 Å². The minimum atomic E-state index is -1.01. The number of ketones is 1. The average Bonchev–Trinajstić information content (AvgIpc) is 2.46. The zero-order valence-electron chi connectivity index (χ0n) is 10.0. The zero-order valence-corrected chi connectivity index (χ0v) is 13.0. The van der Waals surface area contributed by atoms with Gasteiger partial charge in [-0.25, -0.2) is 0 Å². The molecule has 4 nitrogen and oxygen atoms in total.